The Morgan fingerprint density at radius 2 is 1.60 bits per heavy atom. The lowest BCUT2D eigenvalue weighted by Crippen LogP contribution is -2.57. The Morgan fingerprint density at radius 1 is 0.875 bits per heavy atom. The molecule has 2 bridgehead atoms. The number of aromatic hydroxyl groups is 1. The number of nitrogens with one attached hydrogen (secondary N) is 1. The fourth-order valence-electron chi connectivity index (χ4n) is 9.84. The fourth-order valence-corrected chi connectivity index (χ4v) is 10.7. The first kappa shape index (κ1) is 50.1. The molecule has 0 aliphatic carbocycles. The van der Waals surface area contributed by atoms with Crippen LogP contribution in [0.2, 0.25) is 0 Å². The highest BCUT2D eigenvalue weighted by atomic mass is 32.1. The number of amides is 2. The van der Waals surface area contributed by atoms with Crippen LogP contribution < -0.4 is 30.3 Å². The molecule has 0 radical (unpaired) electrons. The number of piperazine rings is 1. The average molecular weight is 1000 g/mol. The van der Waals surface area contributed by atoms with Gasteiger partial charge in [-0.3, -0.25) is 9.59 Å². The van der Waals surface area contributed by atoms with E-state index in [-0.39, 0.29) is 74.2 Å². The number of nitrogens with zero attached hydrogens (tertiary/aromatic N) is 8. The maximum Gasteiger partial charge on any atom is 0.254 e. The van der Waals surface area contributed by atoms with E-state index >= 15 is 0 Å². The summed E-state index contributed by atoms with van der Waals surface area (Å²) >= 11 is 1.58. The second-order valence-corrected chi connectivity index (χ2v) is 19.6. The summed E-state index contributed by atoms with van der Waals surface area (Å²) in [5.74, 6) is -0.0346. The third-order valence-corrected chi connectivity index (χ3v) is 14.5. The maximum atomic E-state index is 14.1. The number of hydrogen-bond acceptors (Lipinski definition) is 18. The zero-order chi connectivity index (χ0) is 50.1. The lowest BCUT2D eigenvalue weighted by atomic mass is 9.91. The number of aromatic nitrogens is 5. The van der Waals surface area contributed by atoms with Crippen LogP contribution in [0.1, 0.15) is 62.5 Å². The second kappa shape index (κ2) is 23.1. The summed E-state index contributed by atoms with van der Waals surface area (Å²) in [7, 11) is 0. The number of benzene rings is 2. The number of anilines is 3. The minimum absolute atomic E-state index is 0.0374. The number of likely N-dealkylation sites (tertiary alicyclic amines) is 1. The number of phenols is 1. The molecule has 19 nitrogen and oxygen atoms in total. The molecule has 5 atom stereocenters. The van der Waals surface area contributed by atoms with E-state index in [4.69, 9.17) is 29.2 Å². The molecule has 380 valence electrons. The molecule has 4 saturated heterocycles. The van der Waals surface area contributed by atoms with Crippen molar-refractivity contribution >= 4 is 40.3 Å². The van der Waals surface area contributed by atoms with Crippen LogP contribution in [-0.2, 0) is 25.6 Å². The van der Waals surface area contributed by atoms with Crippen LogP contribution in [0, 0.1) is 12.8 Å². The van der Waals surface area contributed by atoms with Crippen molar-refractivity contribution in [3.8, 4) is 39.2 Å². The van der Waals surface area contributed by atoms with Gasteiger partial charge in [0.1, 0.15) is 30.9 Å². The zero-order valence-corrected chi connectivity index (χ0v) is 41.6. The zero-order valence-electron chi connectivity index (χ0n) is 40.8. The first-order valence-electron chi connectivity index (χ1n) is 24.5. The molecule has 4 aliphatic rings. The Bertz CT molecular complexity index is 2770. The lowest BCUT2D eigenvalue weighted by Gasteiger charge is -2.46. The standard InChI is InChI=1S/C52H62N10O9S/c1-32(2)48(52(66)62-30-39(63)24-43(62)51(65)55-27-34-11-13-35(14-12-34)49-33(3)56-31-72-49)45-26-47(59-71-45)70-22-20-68-18-17-67-19-21-69-46-23-36(15-16-54-46)60-28-38-8-6-7-37(60)29-61(38)42-25-41(57-58-50(42)53)40-9-4-5-10-44(40)64/h4-5,9-16,23,25-26,31-32,37-39,43,48,63-64H,6-8,17-22,24,27-30H2,1-3H3,(H2,53,58)(H,55,65)/t37?,38?,39-,43+,48-/m1/s1. The SMILES string of the molecule is Cc1ncsc1-c1ccc(CNC(=O)[C@@H]2C[C@@H](O)CN2C(=O)[C@@H](c2cc(OCCOCCOCCOc3cc(N4CC5CCCC4CN5c4cc(-c5ccccc5O)nnc4N)ccn3)no2)C(C)C)cc1. The summed E-state index contributed by atoms with van der Waals surface area (Å²) < 4.78 is 28.9. The minimum Gasteiger partial charge on any atom is -0.507 e. The van der Waals surface area contributed by atoms with Crippen molar-refractivity contribution in [3.05, 3.63) is 102 Å². The van der Waals surface area contributed by atoms with Crippen molar-refractivity contribution in [2.45, 2.75) is 83.1 Å². The third kappa shape index (κ3) is 11.7. The van der Waals surface area contributed by atoms with Gasteiger partial charge in [0.25, 0.3) is 5.88 Å². The van der Waals surface area contributed by atoms with Crippen molar-refractivity contribution in [2.24, 2.45) is 5.92 Å². The van der Waals surface area contributed by atoms with Gasteiger partial charge in [-0.15, -0.1) is 21.5 Å². The van der Waals surface area contributed by atoms with Gasteiger partial charge in [0.05, 0.1) is 60.0 Å². The molecule has 8 heterocycles. The topological polar surface area (TPSA) is 237 Å². The van der Waals surface area contributed by atoms with Gasteiger partial charge in [0.15, 0.2) is 11.6 Å². The van der Waals surface area contributed by atoms with E-state index in [2.05, 4.69) is 40.4 Å². The van der Waals surface area contributed by atoms with Crippen molar-refractivity contribution in [1.29, 1.82) is 0 Å². The number of aliphatic hydroxyl groups is 1. The first-order chi connectivity index (χ1) is 35.0. The molecule has 4 aliphatic heterocycles. The van der Waals surface area contributed by atoms with Crippen LogP contribution in [0.3, 0.4) is 0 Å². The van der Waals surface area contributed by atoms with Crippen molar-refractivity contribution < 1.29 is 43.3 Å². The van der Waals surface area contributed by atoms with Crippen LogP contribution in [0.5, 0.6) is 17.5 Å². The predicted molar refractivity (Wildman–Crippen MR) is 271 cm³/mol. The Hall–Kier alpha value is -6.87. The van der Waals surface area contributed by atoms with Gasteiger partial charge >= 0.3 is 0 Å². The van der Waals surface area contributed by atoms with E-state index in [0.717, 1.165) is 65.4 Å². The normalized spacial score (nSPS) is 19.2. The number of carbonyl (C=O) groups excluding carboxylic acids is 2. The second-order valence-electron chi connectivity index (χ2n) is 18.7. The molecule has 20 heteroatoms. The summed E-state index contributed by atoms with van der Waals surface area (Å²) in [5.41, 5.74) is 14.3. The monoisotopic (exact) mass is 1000 g/mol. The molecular formula is C52H62N10O9S. The van der Waals surface area contributed by atoms with Gasteiger partial charge in [-0.25, -0.2) is 9.97 Å². The molecule has 4 fully saturated rings. The number of rotatable bonds is 21. The van der Waals surface area contributed by atoms with Gasteiger partial charge < -0.3 is 59.4 Å². The van der Waals surface area contributed by atoms with E-state index < -0.39 is 18.1 Å². The molecule has 0 saturated carbocycles. The van der Waals surface area contributed by atoms with E-state index in [0.29, 0.717) is 55.1 Å². The molecule has 72 heavy (non-hydrogen) atoms. The van der Waals surface area contributed by atoms with E-state index in [1.807, 2.05) is 80.9 Å². The summed E-state index contributed by atoms with van der Waals surface area (Å²) in [6, 6.07) is 22.2. The molecule has 4 aromatic heterocycles. The summed E-state index contributed by atoms with van der Waals surface area (Å²) in [4.78, 5) is 43.7. The molecule has 0 spiro atoms. The van der Waals surface area contributed by atoms with Crippen molar-refractivity contribution in [3.63, 3.8) is 0 Å². The Kier molecular flexibility index (Phi) is 16.1. The number of fused-ring (bicyclic) bond motifs is 4. The molecule has 2 aromatic carbocycles. The quantitative estimate of drug-likeness (QED) is 0.0605. The number of hydrogen-bond donors (Lipinski definition) is 4. The molecule has 10 rings (SSSR count). The van der Waals surface area contributed by atoms with Gasteiger partial charge in [-0.2, -0.15) is 0 Å². The minimum atomic E-state index is -0.833. The predicted octanol–water partition coefficient (Wildman–Crippen LogP) is 6.00. The van der Waals surface area contributed by atoms with E-state index in [1.54, 1.807) is 35.7 Å². The number of carbonyl (C=O) groups is 2. The van der Waals surface area contributed by atoms with Crippen LogP contribution in [-0.4, -0.2) is 136 Å². The number of phenolic OH excluding ortho intramolecular Hbond substituents is 1. The first-order valence-corrected chi connectivity index (χ1v) is 25.4. The molecule has 6 aromatic rings. The van der Waals surface area contributed by atoms with E-state index in [1.165, 1.54) is 4.90 Å². The van der Waals surface area contributed by atoms with Crippen molar-refractivity contribution in [2.75, 3.05) is 74.8 Å². The number of ether oxygens (including phenoxy) is 4. The number of nitrogens with two attached hydrogens (primary N) is 1. The number of aliphatic hydroxyl groups excluding tert-OH is 1. The number of β-amino-alcohol motifs (C(OH)–C–C–N with tert-alkyl or cyclic N) is 1. The van der Waals surface area contributed by atoms with Gasteiger partial charge in [-0.1, -0.05) is 50.2 Å². The summed E-state index contributed by atoms with van der Waals surface area (Å²) in [6.45, 7) is 9.48. The Labute approximate surface area is 422 Å². The Balaban J connectivity index is 0.677. The van der Waals surface area contributed by atoms with Crippen LogP contribution in [0.25, 0.3) is 21.7 Å². The molecule has 2 amide bonds. The number of aryl methyl sites for hydroxylation is 1. The van der Waals surface area contributed by atoms with Crippen LogP contribution in [0.4, 0.5) is 17.2 Å². The highest BCUT2D eigenvalue weighted by Crippen LogP contribution is 2.39. The molecular weight excluding hydrogens is 941 g/mol. The number of thiazole rings is 1. The van der Waals surface area contributed by atoms with Gasteiger partial charge in [0, 0.05) is 74.3 Å². The van der Waals surface area contributed by atoms with E-state index in [9.17, 15) is 19.8 Å². The third-order valence-electron chi connectivity index (χ3n) is 13.5. The smallest absolute Gasteiger partial charge is 0.254 e. The number of nitrogen functional groups attached to an aromatic ring is 1. The molecule has 5 N–H and O–H groups in total. The van der Waals surface area contributed by atoms with Crippen LogP contribution in [0.15, 0.2) is 89.0 Å². The fraction of sp³-hybridized carbons (Fsp3) is 0.442. The average Bonchev–Trinajstić information content (AvgIpc) is 4.06. The number of para-hydroxylation sites is 1. The summed E-state index contributed by atoms with van der Waals surface area (Å²) in [6.07, 6.45) is 4.21. The highest BCUT2D eigenvalue weighted by Gasteiger charge is 2.43. The Morgan fingerprint density at radius 3 is 2.33 bits per heavy atom. The van der Waals surface area contributed by atoms with Crippen LogP contribution >= 0.6 is 11.3 Å². The van der Waals surface area contributed by atoms with Crippen molar-refractivity contribution in [1.82, 2.24) is 35.5 Å². The van der Waals surface area contributed by atoms with Gasteiger partial charge in [-0.05, 0) is 72.7 Å². The van der Waals surface area contributed by atoms with Gasteiger partial charge in [0.2, 0.25) is 17.7 Å². The maximum absolute atomic E-state index is 14.1. The largest absolute Gasteiger partial charge is 0.507 e. The lowest BCUT2D eigenvalue weighted by molar-refractivity contribution is -0.141. The summed E-state index contributed by atoms with van der Waals surface area (Å²) in [5, 5.41) is 36.6. The highest BCUT2D eigenvalue weighted by molar-refractivity contribution is 7.13. The molecule has 2 unspecified atom stereocenters. The number of pyridine rings is 1.